The third-order valence-corrected chi connectivity index (χ3v) is 3.40. The van der Waals surface area contributed by atoms with Gasteiger partial charge < -0.3 is 16.4 Å². The highest BCUT2D eigenvalue weighted by atomic mass is 19.1. The molecule has 0 fully saturated rings. The summed E-state index contributed by atoms with van der Waals surface area (Å²) in [6, 6.07) is 4.08. The summed E-state index contributed by atoms with van der Waals surface area (Å²) >= 11 is 0. The Morgan fingerprint density at radius 1 is 1.25 bits per heavy atom. The lowest BCUT2D eigenvalue weighted by Gasteiger charge is -2.21. The van der Waals surface area contributed by atoms with E-state index in [0.717, 1.165) is 0 Å². The molecule has 2 atom stereocenters. The Hall–Kier alpha value is -2.70. The normalized spacial score (nSPS) is 12.8. The molecule has 0 heterocycles. The molecule has 6 nitrogen and oxygen atoms in total. The fourth-order valence-electron chi connectivity index (χ4n) is 2.18. The van der Waals surface area contributed by atoms with Gasteiger partial charge >= 0.3 is 0 Å². The van der Waals surface area contributed by atoms with Crippen LogP contribution in [0.5, 0.6) is 0 Å². The minimum Gasteiger partial charge on any atom is -0.368 e. The maximum Gasteiger partial charge on any atom is 0.243 e. The quantitative estimate of drug-likeness (QED) is 0.582. The van der Waals surface area contributed by atoms with Crippen molar-refractivity contribution in [1.29, 1.82) is 0 Å². The van der Waals surface area contributed by atoms with E-state index < -0.39 is 35.6 Å². The second-order valence-corrected chi connectivity index (χ2v) is 5.38. The molecule has 0 aliphatic carbocycles. The molecule has 130 valence electrons. The average molecular weight is 335 g/mol. The van der Waals surface area contributed by atoms with Gasteiger partial charge in [-0.25, -0.2) is 4.39 Å². The van der Waals surface area contributed by atoms with Gasteiger partial charge in [-0.3, -0.25) is 14.4 Å². The van der Waals surface area contributed by atoms with Crippen molar-refractivity contribution in [2.75, 3.05) is 0 Å². The van der Waals surface area contributed by atoms with E-state index in [0.29, 0.717) is 12.8 Å². The summed E-state index contributed by atoms with van der Waals surface area (Å²) in [6.07, 6.45) is 2.36. The summed E-state index contributed by atoms with van der Waals surface area (Å²) in [4.78, 5) is 35.2. The highest BCUT2D eigenvalue weighted by Gasteiger charge is 2.25. The van der Waals surface area contributed by atoms with E-state index in [9.17, 15) is 18.8 Å². The van der Waals surface area contributed by atoms with E-state index >= 15 is 0 Å². The molecule has 24 heavy (non-hydrogen) atoms. The minimum atomic E-state index is -1.01. The molecular weight excluding hydrogens is 313 g/mol. The smallest absolute Gasteiger partial charge is 0.243 e. The van der Waals surface area contributed by atoms with Gasteiger partial charge in [-0.1, -0.05) is 24.3 Å². The fraction of sp³-hybridized carbons (Fsp3) is 0.353. The van der Waals surface area contributed by atoms with Gasteiger partial charge in [-0.05, 0) is 24.5 Å². The van der Waals surface area contributed by atoms with E-state index in [4.69, 9.17) is 5.73 Å². The number of primary amides is 1. The molecule has 0 saturated heterocycles. The van der Waals surface area contributed by atoms with Crippen LogP contribution in [0.4, 0.5) is 4.39 Å². The number of nitrogens with one attached hydrogen (secondary N) is 2. The Labute approximate surface area is 140 Å². The lowest BCUT2D eigenvalue weighted by atomic mass is 10.0. The first-order chi connectivity index (χ1) is 11.3. The van der Waals surface area contributed by atoms with Crippen molar-refractivity contribution in [3.63, 3.8) is 0 Å². The van der Waals surface area contributed by atoms with E-state index in [1.54, 1.807) is 12.1 Å². The lowest BCUT2D eigenvalue weighted by Crippen LogP contribution is -2.53. The van der Waals surface area contributed by atoms with Crippen LogP contribution in [-0.4, -0.2) is 29.8 Å². The lowest BCUT2D eigenvalue weighted by molar-refractivity contribution is -0.130. The maximum atomic E-state index is 13.8. The Morgan fingerprint density at radius 3 is 2.46 bits per heavy atom. The number of halogens is 1. The van der Waals surface area contributed by atoms with Crippen molar-refractivity contribution in [3.05, 3.63) is 48.3 Å². The molecule has 7 heteroatoms. The highest BCUT2D eigenvalue weighted by Crippen LogP contribution is 2.10. The zero-order valence-corrected chi connectivity index (χ0v) is 13.5. The van der Waals surface area contributed by atoms with Crippen LogP contribution in [0.25, 0.3) is 0 Å². The van der Waals surface area contributed by atoms with Gasteiger partial charge in [0.15, 0.2) is 0 Å². The molecule has 3 amide bonds. The van der Waals surface area contributed by atoms with E-state index in [1.165, 1.54) is 25.1 Å². The van der Waals surface area contributed by atoms with Gasteiger partial charge in [-0.2, -0.15) is 0 Å². The Morgan fingerprint density at radius 2 is 1.92 bits per heavy atom. The number of hydrogen-bond acceptors (Lipinski definition) is 3. The van der Waals surface area contributed by atoms with Crippen LogP contribution in [0, 0.1) is 5.82 Å². The zero-order chi connectivity index (χ0) is 18.1. The molecule has 0 radical (unpaired) electrons. The van der Waals surface area contributed by atoms with Crippen LogP contribution < -0.4 is 16.4 Å². The molecule has 0 aliphatic rings. The number of nitrogens with two attached hydrogens (primary N) is 1. The third kappa shape index (κ3) is 6.20. The van der Waals surface area contributed by atoms with Crippen molar-refractivity contribution in [2.24, 2.45) is 5.73 Å². The number of carbonyl (C=O) groups is 3. The van der Waals surface area contributed by atoms with Crippen LogP contribution in [0.2, 0.25) is 0 Å². The molecule has 4 N–H and O–H groups in total. The SMILES string of the molecule is C=CCC[C@H](NC(=O)[C@H](Cc1ccccc1F)NC(C)=O)C(N)=O. The molecule has 0 aliphatic heterocycles. The summed E-state index contributed by atoms with van der Waals surface area (Å²) in [5.41, 5.74) is 5.55. The van der Waals surface area contributed by atoms with Crippen LogP contribution >= 0.6 is 0 Å². The molecule has 1 aromatic rings. The molecule has 0 bridgehead atoms. The topological polar surface area (TPSA) is 101 Å². The molecule has 0 unspecified atom stereocenters. The van der Waals surface area contributed by atoms with Crippen molar-refractivity contribution < 1.29 is 18.8 Å². The van der Waals surface area contributed by atoms with Crippen LogP contribution in [0.15, 0.2) is 36.9 Å². The summed E-state index contributed by atoms with van der Waals surface area (Å²) in [5, 5.41) is 4.96. The summed E-state index contributed by atoms with van der Waals surface area (Å²) in [7, 11) is 0. The largest absolute Gasteiger partial charge is 0.368 e. The van der Waals surface area contributed by atoms with Crippen molar-refractivity contribution >= 4 is 17.7 Å². The molecule has 1 aromatic carbocycles. The summed E-state index contributed by atoms with van der Waals surface area (Å²) in [5.74, 6) is -2.19. The number of amides is 3. The number of benzene rings is 1. The molecule has 0 saturated carbocycles. The van der Waals surface area contributed by atoms with Gasteiger partial charge in [0.05, 0.1) is 0 Å². The highest BCUT2D eigenvalue weighted by molar-refractivity contribution is 5.91. The van der Waals surface area contributed by atoms with Crippen LogP contribution in [0.3, 0.4) is 0 Å². The maximum absolute atomic E-state index is 13.8. The van der Waals surface area contributed by atoms with Crippen LogP contribution in [0.1, 0.15) is 25.3 Å². The van der Waals surface area contributed by atoms with Gasteiger partial charge in [0.25, 0.3) is 0 Å². The Bertz CT molecular complexity index is 619. The van der Waals surface area contributed by atoms with Gasteiger partial charge in [0.1, 0.15) is 17.9 Å². The second kappa shape index (κ2) is 9.44. The summed E-state index contributed by atoms with van der Waals surface area (Å²) in [6.45, 7) is 4.80. The van der Waals surface area contributed by atoms with E-state index in [2.05, 4.69) is 17.2 Å². The molecular formula is C17H22FN3O3. The molecule has 1 rings (SSSR count). The van der Waals surface area contributed by atoms with Gasteiger partial charge in [0, 0.05) is 13.3 Å². The molecule has 0 aromatic heterocycles. The summed E-state index contributed by atoms with van der Waals surface area (Å²) < 4.78 is 13.8. The first-order valence-electron chi connectivity index (χ1n) is 7.56. The second-order valence-electron chi connectivity index (χ2n) is 5.38. The number of carbonyl (C=O) groups excluding carboxylic acids is 3. The van der Waals surface area contributed by atoms with Crippen molar-refractivity contribution in [3.8, 4) is 0 Å². The monoisotopic (exact) mass is 335 g/mol. The fourth-order valence-corrected chi connectivity index (χ4v) is 2.18. The Kier molecular flexibility index (Phi) is 7.61. The Balaban J connectivity index is 2.87. The number of allylic oxidation sites excluding steroid dienone is 1. The van der Waals surface area contributed by atoms with Crippen molar-refractivity contribution in [1.82, 2.24) is 10.6 Å². The predicted molar refractivity (Wildman–Crippen MR) is 88.3 cm³/mol. The number of hydrogen-bond donors (Lipinski definition) is 3. The van der Waals surface area contributed by atoms with Crippen LogP contribution in [-0.2, 0) is 20.8 Å². The van der Waals surface area contributed by atoms with E-state index in [-0.39, 0.29) is 12.0 Å². The van der Waals surface area contributed by atoms with E-state index in [1.807, 2.05) is 0 Å². The first-order valence-corrected chi connectivity index (χ1v) is 7.56. The number of rotatable bonds is 9. The molecule has 0 spiro atoms. The van der Waals surface area contributed by atoms with Crippen molar-refractivity contribution in [2.45, 2.75) is 38.3 Å². The zero-order valence-electron chi connectivity index (χ0n) is 13.5. The minimum absolute atomic E-state index is 0.0367. The standard InChI is InChI=1S/C17H22FN3O3/c1-3-4-9-14(16(19)23)21-17(24)15(20-11(2)22)10-12-7-5-6-8-13(12)18/h3,5-8,14-15H,1,4,9-10H2,2H3,(H2,19,23)(H,20,22)(H,21,24)/t14-,15-/m0/s1. The third-order valence-electron chi connectivity index (χ3n) is 3.40. The van der Waals surface area contributed by atoms with Gasteiger partial charge in [0.2, 0.25) is 17.7 Å². The predicted octanol–water partition coefficient (Wildman–Crippen LogP) is 0.809. The van der Waals surface area contributed by atoms with Gasteiger partial charge in [-0.15, -0.1) is 6.58 Å². The first kappa shape index (κ1) is 19.3. The average Bonchev–Trinajstić information content (AvgIpc) is 2.51.